The minimum atomic E-state index is 0.477. The fourth-order valence-electron chi connectivity index (χ4n) is 2.90. The van der Waals surface area contributed by atoms with E-state index >= 15 is 0 Å². The largest absolute Gasteiger partial charge is 0.381 e. The van der Waals surface area contributed by atoms with Crippen LogP contribution in [0.5, 0.6) is 0 Å². The molecule has 0 amide bonds. The molecule has 1 aliphatic rings. The van der Waals surface area contributed by atoms with Crippen LogP contribution in [-0.4, -0.2) is 24.0 Å². The standard InChI is InChI=1S/C18H20Cl2N2/c19-15-6-7-18(17(20)12-15)21-16-8-10-22(11-9-16)13-14-4-2-1-3-5-14/h1-7,12,16,21H,8-11,13H2. The Hall–Kier alpha value is -1.22. The van der Waals surface area contributed by atoms with Crippen molar-refractivity contribution in [3.8, 4) is 0 Å². The summed E-state index contributed by atoms with van der Waals surface area (Å²) >= 11 is 12.2. The van der Waals surface area contributed by atoms with Crippen LogP contribution in [0.25, 0.3) is 0 Å². The zero-order valence-electron chi connectivity index (χ0n) is 12.4. The lowest BCUT2D eigenvalue weighted by atomic mass is 10.0. The van der Waals surface area contributed by atoms with Crippen LogP contribution in [-0.2, 0) is 6.54 Å². The van der Waals surface area contributed by atoms with Gasteiger partial charge < -0.3 is 5.32 Å². The number of likely N-dealkylation sites (tertiary alicyclic amines) is 1. The molecular weight excluding hydrogens is 315 g/mol. The van der Waals surface area contributed by atoms with Gasteiger partial charge in [-0.15, -0.1) is 0 Å². The van der Waals surface area contributed by atoms with E-state index in [0.717, 1.165) is 38.2 Å². The average Bonchev–Trinajstić information content (AvgIpc) is 2.53. The topological polar surface area (TPSA) is 15.3 Å². The number of hydrogen-bond donors (Lipinski definition) is 1. The van der Waals surface area contributed by atoms with Gasteiger partial charge in [0.2, 0.25) is 0 Å². The molecule has 116 valence electrons. The minimum Gasteiger partial charge on any atom is -0.381 e. The summed E-state index contributed by atoms with van der Waals surface area (Å²) in [6.07, 6.45) is 2.26. The average molecular weight is 335 g/mol. The maximum atomic E-state index is 6.23. The summed E-state index contributed by atoms with van der Waals surface area (Å²) in [5.74, 6) is 0. The summed E-state index contributed by atoms with van der Waals surface area (Å²) in [7, 11) is 0. The maximum Gasteiger partial charge on any atom is 0.0652 e. The lowest BCUT2D eigenvalue weighted by molar-refractivity contribution is 0.211. The van der Waals surface area contributed by atoms with E-state index in [1.165, 1.54) is 5.56 Å². The summed E-state index contributed by atoms with van der Waals surface area (Å²) in [6, 6.07) is 16.8. The van der Waals surface area contributed by atoms with Crippen molar-refractivity contribution in [1.82, 2.24) is 4.90 Å². The van der Waals surface area contributed by atoms with E-state index in [1.54, 1.807) is 6.07 Å². The van der Waals surface area contributed by atoms with E-state index in [0.29, 0.717) is 16.1 Å². The van der Waals surface area contributed by atoms with Crippen molar-refractivity contribution in [2.45, 2.75) is 25.4 Å². The van der Waals surface area contributed by atoms with Gasteiger partial charge in [-0.2, -0.15) is 0 Å². The molecule has 0 saturated carbocycles. The van der Waals surface area contributed by atoms with Crippen molar-refractivity contribution in [2.24, 2.45) is 0 Å². The molecule has 0 unspecified atom stereocenters. The number of benzene rings is 2. The SMILES string of the molecule is Clc1ccc(NC2CCN(Cc3ccccc3)CC2)c(Cl)c1. The Morgan fingerprint density at radius 2 is 1.73 bits per heavy atom. The Morgan fingerprint density at radius 3 is 2.41 bits per heavy atom. The lowest BCUT2D eigenvalue weighted by Crippen LogP contribution is -2.38. The molecule has 0 aliphatic carbocycles. The van der Waals surface area contributed by atoms with Crippen LogP contribution in [0.15, 0.2) is 48.5 Å². The molecule has 1 heterocycles. The highest BCUT2D eigenvalue weighted by atomic mass is 35.5. The minimum absolute atomic E-state index is 0.477. The van der Waals surface area contributed by atoms with Crippen molar-refractivity contribution in [3.05, 3.63) is 64.1 Å². The number of piperidine rings is 1. The number of rotatable bonds is 4. The highest BCUT2D eigenvalue weighted by Gasteiger charge is 2.19. The van der Waals surface area contributed by atoms with Gasteiger partial charge in [-0.3, -0.25) is 4.90 Å². The van der Waals surface area contributed by atoms with E-state index in [9.17, 15) is 0 Å². The predicted octanol–water partition coefficient (Wildman–Crippen LogP) is 5.07. The molecule has 3 rings (SSSR count). The van der Waals surface area contributed by atoms with Crippen LogP contribution in [0.3, 0.4) is 0 Å². The van der Waals surface area contributed by atoms with Gasteiger partial charge in [0.15, 0.2) is 0 Å². The number of nitrogens with zero attached hydrogens (tertiary/aromatic N) is 1. The Bertz CT molecular complexity index is 608. The molecular formula is C18H20Cl2N2. The Labute approximate surface area is 142 Å². The molecule has 1 fully saturated rings. The van der Waals surface area contributed by atoms with Crippen molar-refractivity contribution in [1.29, 1.82) is 0 Å². The van der Waals surface area contributed by atoms with Gasteiger partial charge in [-0.05, 0) is 36.6 Å². The van der Waals surface area contributed by atoms with Crippen molar-refractivity contribution in [2.75, 3.05) is 18.4 Å². The monoisotopic (exact) mass is 334 g/mol. The molecule has 1 aliphatic heterocycles. The van der Waals surface area contributed by atoms with E-state index in [4.69, 9.17) is 23.2 Å². The van der Waals surface area contributed by atoms with Crippen molar-refractivity contribution in [3.63, 3.8) is 0 Å². The van der Waals surface area contributed by atoms with E-state index < -0.39 is 0 Å². The molecule has 0 bridgehead atoms. The van der Waals surface area contributed by atoms with Gasteiger partial charge in [0.05, 0.1) is 10.7 Å². The van der Waals surface area contributed by atoms with Gasteiger partial charge in [0.25, 0.3) is 0 Å². The summed E-state index contributed by atoms with van der Waals surface area (Å²) in [5, 5.41) is 4.91. The quantitative estimate of drug-likeness (QED) is 0.839. The first-order valence-electron chi connectivity index (χ1n) is 7.68. The molecule has 0 atom stereocenters. The summed E-state index contributed by atoms with van der Waals surface area (Å²) in [5.41, 5.74) is 2.36. The first kappa shape index (κ1) is 15.7. The highest BCUT2D eigenvalue weighted by molar-refractivity contribution is 6.36. The summed E-state index contributed by atoms with van der Waals surface area (Å²) in [6.45, 7) is 3.25. The lowest BCUT2D eigenvalue weighted by Gasteiger charge is -2.33. The molecule has 0 radical (unpaired) electrons. The second kappa shape index (κ2) is 7.36. The van der Waals surface area contributed by atoms with Crippen LogP contribution in [0.4, 0.5) is 5.69 Å². The molecule has 1 N–H and O–H groups in total. The third kappa shape index (κ3) is 4.16. The fourth-order valence-corrected chi connectivity index (χ4v) is 3.37. The zero-order chi connectivity index (χ0) is 15.4. The van der Waals surface area contributed by atoms with Gasteiger partial charge in [-0.1, -0.05) is 53.5 Å². The predicted molar refractivity (Wildman–Crippen MR) is 94.8 cm³/mol. The number of hydrogen-bond acceptors (Lipinski definition) is 2. The molecule has 0 aromatic heterocycles. The van der Waals surface area contributed by atoms with Gasteiger partial charge in [-0.25, -0.2) is 0 Å². The summed E-state index contributed by atoms with van der Waals surface area (Å²) < 4.78 is 0. The first-order chi connectivity index (χ1) is 10.7. The normalized spacial score (nSPS) is 16.6. The zero-order valence-corrected chi connectivity index (χ0v) is 13.9. The van der Waals surface area contributed by atoms with E-state index in [1.807, 2.05) is 12.1 Å². The highest BCUT2D eigenvalue weighted by Crippen LogP contribution is 2.27. The van der Waals surface area contributed by atoms with Crippen LogP contribution < -0.4 is 5.32 Å². The summed E-state index contributed by atoms with van der Waals surface area (Å²) in [4.78, 5) is 2.51. The molecule has 1 saturated heterocycles. The molecule has 0 spiro atoms. The van der Waals surface area contributed by atoms with Gasteiger partial charge in [0.1, 0.15) is 0 Å². The second-order valence-corrected chi connectivity index (χ2v) is 6.65. The van der Waals surface area contributed by atoms with Crippen LogP contribution >= 0.6 is 23.2 Å². The molecule has 22 heavy (non-hydrogen) atoms. The van der Waals surface area contributed by atoms with E-state index in [2.05, 4.69) is 40.5 Å². The van der Waals surface area contributed by atoms with Crippen LogP contribution in [0.1, 0.15) is 18.4 Å². The van der Waals surface area contributed by atoms with Crippen molar-refractivity contribution >= 4 is 28.9 Å². The number of anilines is 1. The maximum absolute atomic E-state index is 6.23. The van der Waals surface area contributed by atoms with Crippen LogP contribution in [0, 0.1) is 0 Å². The van der Waals surface area contributed by atoms with E-state index in [-0.39, 0.29) is 0 Å². The van der Waals surface area contributed by atoms with Crippen LogP contribution in [0.2, 0.25) is 10.0 Å². The molecule has 2 nitrogen and oxygen atoms in total. The Kier molecular flexibility index (Phi) is 5.24. The number of halogens is 2. The Morgan fingerprint density at radius 1 is 1.00 bits per heavy atom. The second-order valence-electron chi connectivity index (χ2n) is 5.80. The third-order valence-electron chi connectivity index (χ3n) is 4.13. The fraction of sp³-hybridized carbons (Fsp3) is 0.333. The number of nitrogens with one attached hydrogen (secondary N) is 1. The molecule has 2 aromatic rings. The van der Waals surface area contributed by atoms with Crippen molar-refractivity contribution < 1.29 is 0 Å². The molecule has 2 aromatic carbocycles. The molecule has 4 heteroatoms. The third-order valence-corrected chi connectivity index (χ3v) is 4.68. The first-order valence-corrected chi connectivity index (χ1v) is 8.44. The van der Waals surface area contributed by atoms with Gasteiger partial charge >= 0.3 is 0 Å². The Balaban J connectivity index is 1.51. The smallest absolute Gasteiger partial charge is 0.0652 e. The van der Waals surface area contributed by atoms with Gasteiger partial charge in [0, 0.05) is 30.7 Å².